The van der Waals surface area contributed by atoms with Crippen LogP contribution in [0.3, 0.4) is 0 Å². The molecule has 0 unspecified atom stereocenters. The monoisotopic (exact) mass is 81.1 g/mol. The Balaban J connectivity index is 2.18. The van der Waals surface area contributed by atoms with E-state index in [1.54, 1.807) is 0 Å². The van der Waals surface area contributed by atoms with Crippen molar-refractivity contribution in [2.24, 2.45) is 11.8 Å². The van der Waals surface area contributed by atoms with Crippen molar-refractivity contribution in [3.63, 3.8) is 0 Å². The second-order valence-electron chi connectivity index (χ2n) is 2.10. The Hall–Kier alpha value is -0.260. The van der Waals surface area contributed by atoms with Gasteiger partial charge in [-0.2, -0.15) is 0 Å². The molecule has 0 bridgehead atoms. The highest BCUT2D eigenvalue weighted by molar-refractivity contribution is 5.11. The fraction of sp³-hybridized carbons (Fsp3) is 0.667. The van der Waals surface area contributed by atoms with Crippen molar-refractivity contribution in [2.75, 3.05) is 0 Å². The molecule has 32 valence electrons. The van der Waals surface area contributed by atoms with Gasteiger partial charge in [0.15, 0.2) is 0 Å². The zero-order valence-electron chi connectivity index (χ0n) is 4.59. The van der Waals surface area contributed by atoms with Crippen molar-refractivity contribution < 1.29 is 1.37 Å². The van der Waals surface area contributed by atoms with Crippen LogP contribution in [-0.2, 0) is 0 Å². The van der Waals surface area contributed by atoms with Crippen molar-refractivity contribution in [2.45, 2.75) is 12.8 Å². The van der Waals surface area contributed by atoms with E-state index in [9.17, 15) is 0 Å². The molecular weight excluding hydrogens is 72.1 g/mol. The highest BCUT2D eigenvalue weighted by Crippen LogP contribution is 2.46. The van der Waals surface area contributed by atoms with Gasteiger partial charge in [-0.25, -0.2) is 0 Å². The normalized spacial score (nSPS) is 64.0. The van der Waals surface area contributed by atoms with Crippen molar-refractivity contribution in [3.05, 3.63) is 12.2 Å². The van der Waals surface area contributed by atoms with Crippen LogP contribution in [0.25, 0.3) is 0 Å². The third kappa shape index (κ3) is 0.204. The first-order valence-electron chi connectivity index (χ1n) is 3.06. The zero-order valence-corrected chi connectivity index (χ0v) is 3.59. The summed E-state index contributed by atoms with van der Waals surface area (Å²) < 4.78 is 7.26. The maximum absolute atomic E-state index is 7.26. The quantitative estimate of drug-likeness (QED) is 0.388. The lowest BCUT2D eigenvalue weighted by Gasteiger charge is -1.72. The maximum Gasteiger partial charge on any atom is 0.0276 e. The Labute approximate surface area is 39.3 Å². The molecule has 0 heteroatoms. The smallest absolute Gasteiger partial charge is 0.0276 e. The molecule has 0 heterocycles. The summed E-state index contributed by atoms with van der Waals surface area (Å²) in [5.41, 5.74) is 0. The summed E-state index contributed by atoms with van der Waals surface area (Å²) in [6.07, 6.45) is 5.84. The summed E-state index contributed by atoms with van der Waals surface area (Å²) >= 11 is 0. The van der Waals surface area contributed by atoms with E-state index < -0.39 is 0 Å². The van der Waals surface area contributed by atoms with Crippen LogP contribution < -0.4 is 0 Å². The van der Waals surface area contributed by atoms with E-state index in [1.807, 2.05) is 0 Å². The average molecular weight is 81.1 g/mol. The molecule has 3 atom stereocenters. The molecule has 2 rings (SSSR count). The molecule has 0 radical (unpaired) electrons. The van der Waals surface area contributed by atoms with Crippen LogP contribution in [-0.4, -0.2) is 0 Å². The summed E-state index contributed by atoms with van der Waals surface area (Å²) in [6, 6.07) is 0. The molecule has 0 saturated heterocycles. The molecule has 0 N–H and O–H groups in total. The van der Waals surface area contributed by atoms with E-state index in [0.29, 0.717) is 5.92 Å². The first-order valence-corrected chi connectivity index (χ1v) is 2.48. The molecule has 0 amide bonds. The summed E-state index contributed by atoms with van der Waals surface area (Å²) in [6.45, 7) is 0. The predicted molar refractivity (Wildman–Crippen MR) is 25.4 cm³/mol. The molecule has 0 aliphatic heterocycles. The van der Waals surface area contributed by atoms with Gasteiger partial charge in [-0.1, -0.05) is 12.2 Å². The van der Waals surface area contributed by atoms with E-state index in [0.717, 1.165) is 5.92 Å². The van der Waals surface area contributed by atoms with Crippen LogP contribution in [0.5, 0.6) is 0 Å². The number of rotatable bonds is 0. The molecule has 0 aromatic carbocycles. The summed E-state index contributed by atoms with van der Waals surface area (Å²) in [7, 11) is 0. The van der Waals surface area contributed by atoms with Gasteiger partial charge in [0.05, 0.1) is 0 Å². The van der Waals surface area contributed by atoms with Gasteiger partial charge in [0.2, 0.25) is 0 Å². The van der Waals surface area contributed by atoms with E-state index >= 15 is 0 Å². The second kappa shape index (κ2) is 0.699. The number of hydrogen-bond donors (Lipinski definition) is 0. The van der Waals surface area contributed by atoms with Gasteiger partial charge in [-0.05, 0) is 24.7 Å². The molecule has 0 nitrogen and oxygen atoms in total. The SMILES string of the molecule is [2H][C@@H]1[C@@H]2C=CC[C@H]12. The van der Waals surface area contributed by atoms with Gasteiger partial charge in [-0.3, -0.25) is 0 Å². The fourth-order valence-corrected chi connectivity index (χ4v) is 1.06. The first-order chi connectivity index (χ1) is 3.39. The lowest BCUT2D eigenvalue weighted by molar-refractivity contribution is 0.855. The Bertz CT molecular complexity index is 117. The minimum atomic E-state index is 0.282. The van der Waals surface area contributed by atoms with E-state index in [-0.39, 0.29) is 6.40 Å². The molecule has 0 aromatic heterocycles. The maximum atomic E-state index is 7.26. The van der Waals surface area contributed by atoms with Gasteiger partial charge >= 0.3 is 0 Å². The number of fused-ring (bicyclic) bond motifs is 1. The van der Waals surface area contributed by atoms with Gasteiger partial charge in [0, 0.05) is 1.37 Å². The van der Waals surface area contributed by atoms with E-state index in [4.69, 9.17) is 1.37 Å². The predicted octanol–water partition coefficient (Wildman–Crippen LogP) is 1.58. The molecule has 2 aliphatic rings. The van der Waals surface area contributed by atoms with Crippen molar-refractivity contribution >= 4 is 0 Å². The molecule has 0 spiro atoms. The third-order valence-electron chi connectivity index (χ3n) is 1.59. The topological polar surface area (TPSA) is 0 Å². The minimum Gasteiger partial charge on any atom is -0.0880 e. The fourth-order valence-electron chi connectivity index (χ4n) is 1.06. The van der Waals surface area contributed by atoms with Crippen LogP contribution >= 0.6 is 0 Å². The van der Waals surface area contributed by atoms with Crippen molar-refractivity contribution in [1.82, 2.24) is 0 Å². The largest absolute Gasteiger partial charge is 0.0880 e. The Morgan fingerprint density at radius 3 is 3.17 bits per heavy atom. The van der Waals surface area contributed by atoms with Crippen LogP contribution in [0.4, 0.5) is 0 Å². The van der Waals surface area contributed by atoms with Gasteiger partial charge < -0.3 is 0 Å². The van der Waals surface area contributed by atoms with Crippen LogP contribution in [0, 0.1) is 11.8 Å². The standard InChI is InChI=1S/C6H8/c1-2-5-4-6(5)3-1/h1-2,5-6H,3-4H2/t5-,6+/m0/s1/i4D/t4-,5+,6-/m1. The van der Waals surface area contributed by atoms with E-state index in [1.165, 1.54) is 6.42 Å². The molecule has 6 heavy (non-hydrogen) atoms. The molecule has 1 saturated carbocycles. The summed E-state index contributed by atoms with van der Waals surface area (Å²) in [5.74, 6) is 1.40. The van der Waals surface area contributed by atoms with Gasteiger partial charge in [0.1, 0.15) is 0 Å². The van der Waals surface area contributed by atoms with E-state index in [2.05, 4.69) is 12.2 Å². The van der Waals surface area contributed by atoms with Gasteiger partial charge in [-0.15, -0.1) is 0 Å². The minimum absolute atomic E-state index is 0.282. The lowest BCUT2D eigenvalue weighted by atomic mass is 10.3. The third-order valence-corrected chi connectivity index (χ3v) is 1.59. The highest BCUT2D eigenvalue weighted by atomic mass is 14.4. The second-order valence-corrected chi connectivity index (χ2v) is 2.10. The molecule has 2 aliphatic carbocycles. The number of hydrogen-bond acceptors (Lipinski definition) is 0. The number of allylic oxidation sites excluding steroid dienone is 2. The van der Waals surface area contributed by atoms with Crippen LogP contribution in [0.15, 0.2) is 12.2 Å². The first kappa shape index (κ1) is 2.15. The van der Waals surface area contributed by atoms with Gasteiger partial charge in [0.25, 0.3) is 0 Å². The zero-order chi connectivity index (χ0) is 4.85. The molecular formula is C6H8. The highest BCUT2D eigenvalue weighted by Gasteiger charge is 2.36. The van der Waals surface area contributed by atoms with Crippen molar-refractivity contribution in [3.8, 4) is 0 Å². The Kier molecular flexibility index (Phi) is 0.251. The Morgan fingerprint density at radius 1 is 1.83 bits per heavy atom. The molecule has 0 aromatic rings. The average Bonchev–Trinajstić information content (AvgIpc) is 2.26. The summed E-state index contributed by atoms with van der Waals surface area (Å²) in [5, 5.41) is 0. The van der Waals surface area contributed by atoms with Crippen LogP contribution in [0.2, 0.25) is 0 Å². The van der Waals surface area contributed by atoms with Crippen molar-refractivity contribution in [1.29, 1.82) is 0 Å². The molecule has 1 fully saturated rings. The summed E-state index contributed by atoms with van der Waals surface area (Å²) in [4.78, 5) is 0. The Morgan fingerprint density at radius 2 is 2.83 bits per heavy atom. The van der Waals surface area contributed by atoms with Crippen LogP contribution in [0.1, 0.15) is 14.2 Å². The lowest BCUT2D eigenvalue weighted by Crippen LogP contribution is -1.61.